The summed E-state index contributed by atoms with van der Waals surface area (Å²) in [5, 5.41) is 14.8. The summed E-state index contributed by atoms with van der Waals surface area (Å²) in [6.07, 6.45) is 1.65. The summed E-state index contributed by atoms with van der Waals surface area (Å²) in [7, 11) is 0. The predicted octanol–water partition coefficient (Wildman–Crippen LogP) is 3.72. The van der Waals surface area contributed by atoms with Gasteiger partial charge in [-0.2, -0.15) is 0 Å². The van der Waals surface area contributed by atoms with Gasteiger partial charge in [-0.25, -0.2) is 4.98 Å². The molecule has 7 nitrogen and oxygen atoms in total. The Hall–Kier alpha value is -2.10. The molecule has 136 valence electrons. The molecule has 26 heavy (non-hydrogen) atoms. The first kappa shape index (κ1) is 18.7. The Morgan fingerprint density at radius 3 is 2.85 bits per heavy atom. The number of ether oxygens (including phenoxy) is 1. The van der Waals surface area contributed by atoms with Crippen molar-refractivity contribution >= 4 is 45.7 Å². The molecule has 0 aliphatic rings. The second-order valence-corrected chi connectivity index (χ2v) is 7.33. The molecule has 1 N–H and O–H groups in total. The summed E-state index contributed by atoms with van der Waals surface area (Å²) in [6.45, 7) is 2.96. The summed E-state index contributed by atoms with van der Waals surface area (Å²) >= 11 is 8.57. The van der Waals surface area contributed by atoms with E-state index in [1.165, 1.54) is 23.1 Å². The van der Waals surface area contributed by atoms with Crippen LogP contribution in [0.2, 0.25) is 5.02 Å². The van der Waals surface area contributed by atoms with Crippen LogP contribution in [0.15, 0.2) is 41.0 Å². The van der Waals surface area contributed by atoms with Crippen molar-refractivity contribution in [3.63, 3.8) is 0 Å². The number of carbonyl (C=O) groups excluding carboxylic acids is 1. The predicted molar refractivity (Wildman–Crippen MR) is 103 cm³/mol. The van der Waals surface area contributed by atoms with Crippen LogP contribution >= 0.6 is 34.7 Å². The fourth-order valence-corrected chi connectivity index (χ4v) is 3.59. The molecule has 0 radical (unpaired) electrons. The molecule has 0 aliphatic heterocycles. The Bertz CT molecular complexity index is 852. The van der Waals surface area contributed by atoms with Gasteiger partial charge in [0, 0.05) is 23.1 Å². The third-order valence-electron chi connectivity index (χ3n) is 3.30. The third kappa shape index (κ3) is 4.96. The first-order valence-corrected chi connectivity index (χ1v) is 10.0. The van der Waals surface area contributed by atoms with E-state index >= 15 is 0 Å². The molecule has 3 aromatic rings. The van der Waals surface area contributed by atoms with Crippen LogP contribution in [-0.4, -0.2) is 31.4 Å². The molecular weight excluding hydrogens is 394 g/mol. The molecule has 0 atom stereocenters. The second-order valence-electron chi connectivity index (χ2n) is 5.06. The van der Waals surface area contributed by atoms with E-state index in [2.05, 4.69) is 20.5 Å². The van der Waals surface area contributed by atoms with Crippen molar-refractivity contribution in [2.45, 2.75) is 25.2 Å². The Kier molecular flexibility index (Phi) is 6.48. The lowest BCUT2D eigenvalue weighted by Gasteiger charge is -2.09. The maximum Gasteiger partial charge on any atom is 0.236 e. The molecule has 10 heteroatoms. The average Bonchev–Trinajstić information content (AvgIpc) is 3.28. The summed E-state index contributed by atoms with van der Waals surface area (Å²) in [4.78, 5) is 16.0. The zero-order chi connectivity index (χ0) is 18.4. The Morgan fingerprint density at radius 1 is 1.35 bits per heavy atom. The third-order valence-corrected chi connectivity index (χ3v) is 5.21. The lowest BCUT2D eigenvalue weighted by molar-refractivity contribution is -0.113. The van der Waals surface area contributed by atoms with Gasteiger partial charge in [0.05, 0.1) is 5.75 Å². The maximum atomic E-state index is 12.0. The van der Waals surface area contributed by atoms with Crippen molar-refractivity contribution in [1.82, 2.24) is 19.7 Å². The van der Waals surface area contributed by atoms with Gasteiger partial charge < -0.3 is 14.6 Å². The van der Waals surface area contributed by atoms with E-state index < -0.39 is 0 Å². The highest BCUT2D eigenvalue weighted by molar-refractivity contribution is 7.99. The number of benzene rings is 1. The maximum absolute atomic E-state index is 12.0. The minimum Gasteiger partial charge on any atom is -0.486 e. The first-order valence-electron chi connectivity index (χ1n) is 7.78. The average molecular weight is 410 g/mol. The molecule has 0 aliphatic carbocycles. The first-order chi connectivity index (χ1) is 12.7. The van der Waals surface area contributed by atoms with Gasteiger partial charge in [0.1, 0.15) is 12.4 Å². The van der Waals surface area contributed by atoms with Gasteiger partial charge in [0.2, 0.25) is 5.91 Å². The topological polar surface area (TPSA) is 81.9 Å². The number of aromatic nitrogens is 4. The lowest BCUT2D eigenvalue weighted by Crippen LogP contribution is -2.14. The van der Waals surface area contributed by atoms with Crippen LogP contribution in [0.25, 0.3) is 0 Å². The largest absolute Gasteiger partial charge is 0.486 e. The van der Waals surface area contributed by atoms with E-state index in [4.69, 9.17) is 16.3 Å². The highest BCUT2D eigenvalue weighted by Crippen LogP contribution is 2.20. The molecule has 0 bridgehead atoms. The van der Waals surface area contributed by atoms with Gasteiger partial charge in [0.25, 0.3) is 0 Å². The van der Waals surface area contributed by atoms with Crippen molar-refractivity contribution in [2.75, 3.05) is 11.1 Å². The number of thiazole rings is 1. The van der Waals surface area contributed by atoms with Crippen molar-refractivity contribution in [1.29, 1.82) is 0 Å². The zero-order valence-electron chi connectivity index (χ0n) is 13.9. The fourth-order valence-electron chi connectivity index (χ4n) is 2.10. The summed E-state index contributed by atoms with van der Waals surface area (Å²) in [5.41, 5.74) is 0. The molecule has 1 amide bonds. The normalized spacial score (nSPS) is 10.7. The SMILES string of the molecule is CCn1c(COc2ccc(Cl)cc2)nnc1SCC(=O)Nc1nccs1. The van der Waals surface area contributed by atoms with Gasteiger partial charge in [0.15, 0.2) is 16.1 Å². The number of nitrogens with one attached hydrogen (secondary N) is 1. The highest BCUT2D eigenvalue weighted by Gasteiger charge is 2.14. The van der Waals surface area contributed by atoms with E-state index in [9.17, 15) is 4.79 Å². The number of thioether (sulfide) groups is 1. The Morgan fingerprint density at radius 2 is 2.15 bits per heavy atom. The Labute approximate surface area is 163 Å². The van der Waals surface area contributed by atoms with Crippen molar-refractivity contribution in [3.05, 3.63) is 46.7 Å². The van der Waals surface area contributed by atoms with Crippen molar-refractivity contribution < 1.29 is 9.53 Å². The molecule has 2 heterocycles. The number of hydrogen-bond donors (Lipinski definition) is 1. The standard InChI is InChI=1S/C16H16ClN5O2S2/c1-2-22-13(9-24-12-5-3-11(17)4-6-12)20-21-16(22)26-10-14(23)19-15-18-7-8-25-15/h3-8H,2,9-10H2,1H3,(H,18,19,23). The highest BCUT2D eigenvalue weighted by atomic mass is 35.5. The number of halogens is 1. The number of rotatable bonds is 8. The zero-order valence-corrected chi connectivity index (χ0v) is 16.3. The smallest absolute Gasteiger partial charge is 0.236 e. The monoisotopic (exact) mass is 409 g/mol. The van der Waals surface area contributed by atoms with Crippen molar-refractivity contribution in [3.8, 4) is 5.75 Å². The number of anilines is 1. The van der Waals surface area contributed by atoms with Crippen LogP contribution in [0, 0.1) is 0 Å². The number of carbonyl (C=O) groups is 1. The lowest BCUT2D eigenvalue weighted by atomic mass is 10.3. The quantitative estimate of drug-likeness (QED) is 0.571. The minimum atomic E-state index is -0.130. The summed E-state index contributed by atoms with van der Waals surface area (Å²) < 4.78 is 7.65. The number of nitrogens with zero attached hydrogens (tertiary/aromatic N) is 4. The van der Waals surface area contributed by atoms with E-state index in [0.717, 1.165) is 0 Å². The van der Waals surface area contributed by atoms with Gasteiger partial charge in [-0.15, -0.1) is 21.5 Å². The second kappa shape index (κ2) is 9.02. The van der Waals surface area contributed by atoms with Crippen LogP contribution < -0.4 is 10.1 Å². The van der Waals surface area contributed by atoms with E-state index in [1.807, 2.05) is 16.9 Å². The van der Waals surface area contributed by atoms with Crippen LogP contribution in [0.4, 0.5) is 5.13 Å². The molecular formula is C16H16ClN5O2S2. The fraction of sp³-hybridized carbons (Fsp3) is 0.250. The minimum absolute atomic E-state index is 0.130. The van der Waals surface area contributed by atoms with Crippen molar-refractivity contribution in [2.24, 2.45) is 0 Å². The summed E-state index contributed by atoms with van der Waals surface area (Å²) in [6, 6.07) is 7.13. The van der Waals surface area contributed by atoms with E-state index in [0.29, 0.717) is 33.4 Å². The molecule has 0 spiro atoms. The van der Waals surface area contributed by atoms with Crippen LogP contribution in [0.1, 0.15) is 12.7 Å². The molecule has 0 saturated carbocycles. The number of hydrogen-bond acceptors (Lipinski definition) is 7. The molecule has 1 aromatic carbocycles. The van der Waals surface area contributed by atoms with E-state index in [1.54, 1.807) is 30.5 Å². The van der Waals surface area contributed by atoms with Crippen LogP contribution in [0.5, 0.6) is 5.75 Å². The van der Waals surface area contributed by atoms with Gasteiger partial charge in [-0.05, 0) is 31.2 Å². The van der Waals surface area contributed by atoms with Gasteiger partial charge >= 0.3 is 0 Å². The molecule has 0 unspecified atom stereocenters. The molecule has 0 saturated heterocycles. The number of amides is 1. The summed E-state index contributed by atoms with van der Waals surface area (Å²) in [5.74, 6) is 1.51. The van der Waals surface area contributed by atoms with Crippen LogP contribution in [0.3, 0.4) is 0 Å². The van der Waals surface area contributed by atoms with E-state index in [-0.39, 0.29) is 18.3 Å². The molecule has 2 aromatic heterocycles. The van der Waals surface area contributed by atoms with Crippen LogP contribution in [-0.2, 0) is 17.9 Å². The molecule has 3 rings (SSSR count). The Balaban J connectivity index is 1.56. The molecule has 0 fully saturated rings. The van der Waals surface area contributed by atoms with Gasteiger partial charge in [-0.3, -0.25) is 4.79 Å². The van der Waals surface area contributed by atoms with Gasteiger partial charge in [-0.1, -0.05) is 23.4 Å².